The van der Waals surface area contributed by atoms with Crippen LogP contribution in [-0.2, 0) is 11.3 Å². The molecule has 2 fully saturated rings. The van der Waals surface area contributed by atoms with Crippen molar-refractivity contribution in [3.63, 3.8) is 0 Å². The van der Waals surface area contributed by atoms with Crippen LogP contribution in [0.5, 0.6) is 0 Å². The zero-order valence-electron chi connectivity index (χ0n) is 12.9. The van der Waals surface area contributed by atoms with Gasteiger partial charge in [-0.05, 0) is 42.5 Å². The lowest BCUT2D eigenvalue weighted by atomic mass is 10.1. The highest BCUT2D eigenvalue weighted by Gasteiger charge is 2.22. The summed E-state index contributed by atoms with van der Waals surface area (Å²) >= 11 is 0. The van der Waals surface area contributed by atoms with Crippen LogP contribution in [-0.4, -0.2) is 55.7 Å². The molecule has 0 bridgehead atoms. The molecular formula is C17H25FN2O. The van der Waals surface area contributed by atoms with E-state index in [1.54, 1.807) is 12.1 Å². The van der Waals surface area contributed by atoms with Crippen LogP contribution in [0.25, 0.3) is 0 Å². The van der Waals surface area contributed by atoms with Gasteiger partial charge in [0.25, 0.3) is 0 Å². The molecule has 21 heavy (non-hydrogen) atoms. The molecular weight excluding hydrogens is 267 g/mol. The maximum atomic E-state index is 13.4. The first-order chi connectivity index (χ1) is 10.2. The molecule has 0 saturated carbocycles. The molecule has 0 aromatic heterocycles. The summed E-state index contributed by atoms with van der Waals surface area (Å²) in [4.78, 5) is 4.98. The summed E-state index contributed by atoms with van der Waals surface area (Å²) < 4.78 is 18.8. The minimum atomic E-state index is -0.129. The second-order valence-corrected chi connectivity index (χ2v) is 6.38. The van der Waals surface area contributed by atoms with Crippen molar-refractivity contribution < 1.29 is 9.13 Å². The Morgan fingerprint density at radius 2 is 1.95 bits per heavy atom. The van der Waals surface area contributed by atoms with Crippen LogP contribution in [0, 0.1) is 18.7 Å². The molecule has 0 radical (unpaired) electrons. The summed E-state index contributed by atoms with van der Waals surface area (Å²) in [7, 11) is 0. The van der Waals surface area contributed by atoms with Gasteiger partial charge in [-0.1, -0.05) is 6.07 Å². The van der Waals surface area contributed by atoms with Gasteiger partial charge in [0.2, 0.25) is 0 Å². The molecule has 0 aliphatic carbocycles. The molecule has 0 unspecified atom stereocenters. The Labute approximate surface area is 126 Å². The monoisotopic (exact) mass is 292 g/mol. The molecule has 2 aliphatic rings. The smallest absolute Gasteiger partial charge is 0.123 e. The first-order valence-electron chi connectivity index (χ1n) is 7.98. The third-order valence-electron chi connectivity index (χ3n) is 4.71. The zero-order chi connectivity index (χ0) is 14.7. The van der Waals surface area contributed by atoms with Crippen molar-refractivity contribution in [3.8, 4) is 0 Å². The topological polar surface area (TPSA) is 15.7 Å². The van der Waals surface area contributed by atoms with E-state index in [0.29, 0.717) is 0 Å². The molecule has 1 aromatic carbocycles. The van der Waals surface area contributed by atoms with Crippen LogP contribution >= 0.6 is 0 Å². The van der Waals surface area contributed by atoms with E-state index in [1.165, 1.54) is 18.5 Å². The second kappa shape index (κ2) is 6.86. The first kappa shape index (κ1) is 14.9. The molecule has 0 N–H and O–H groups in total. The molecule has 1 aromatic rings. The van der Waals surface area contributed by atoms with Crippen LogP contribution in [0.3, 0.4) is 0 Å². The van der Waals surface area contributed by atoms with Gasteiger partial charge in [0.05, 0.1) is 6.61 Å². The van der Waals surface area contributed by atoms with Gasteiger partial charge in [-0.3, -0.25) is 4.90 Å². The Hall–Kier alpha value is -0.970. The highest BCUT2D eigenvalue weighted by Crippen LogP contribution is 2.17. The lowest BCUT2D eigenvalue weighted by Crippen LogP contribution is -2.47. The van der Waals surface area contributed by atoms with Crippen molar-refractivity contribution in [3.05, 3.63) is 35.1 Å². The van der Waals surface area contributed by atoms with Gasteiger partial charge in [0.15, 0.2) is 0 Å². The Morgan fingerprint density at radius 1 is 1.19 bits per heavy atom. The van der Waals surface area contributed by atoms with Gasteiger partial charge < -0.3 is 9.64 Å². The van der Waals surface area contributed by atoms with E-state index in [4.69, 9.17) is 4.74 Å². The molecule has 3 rings (SSSR count). The van der Waals surface area contributed by atoms with Crippen molar-refractivity contribution in [2.45, 2.75) is 19.9 Å². The molecule has 1 atom stereocenters. The van der Waals surface area contributed by atoms with Gasteiger partial charge >= 0.3 is 0 Å². The summed E-state index contributed by atoms with van der Waals surface area (Å²) in [5.41, 5.74) is 2.30. The number of benzene rings is 1. The minimum absolute atomic E-state index is 0.129. The van der Waals surface area contributed by atoms with Crippen LogP contribution in [0.2, 0.25) is 0 Å². The summed E-state index contributed by atoms with van der Waals surface area (Å²) in [6.45, 7) is 10.3. The third-order valence-corrected chi connectivity index (χ3v) is 4.71. The standard InChI is InChI=1S/C17H25FN2O/c1-14-2-3-17(18)10-16(14)12-20-7-5-19(6-8-20)11-15-4-9-21-13-15/h2-3,10,15H,4-9,11-13H2,1H3/t15-/m0/s1. The normalized spacial score (nSPS) is 24.6. The van der Waals surface area contributed by atoms with Crippen molar-refractivity contribution in [2.24, 2.45) is 5.92 Å². The fourth-order valence-electron chi connectivity index (χ4n) is 3.27. The molecule has 3 nitrogen and oxygen atoms in total. The lowest BCUT2D eigenvalue weighted by Gasteiger charge is -2.36. The summed E-state index contributed by atoms with van der Waals surface area (Å²) in [5.74, 6) is 0.595. The predicted molar refractivity (Wildman–Crippen MR) is 81.8 cm³/mol. The maximum absolute atomic E-state index is 13.4. The van der Waals surface area contributed by atoms with Crippen molar-refractivity contribution in [2.75, 3.05) is 45.9 Å². The number of rotatable bonds is 4. The van der Waals surface area contributed by atoms with Gasteiger partial charge in [0, 0.05) is 45.9 Å². The maximum Gasteiger partial charge on any atom is 0.123 e. The highest BCUT2D eigenvalue weighted by atomic mass is 19.1. The second-order valence-electron chi connectivity index (χ2n) is 6.38. The zero-order valence-corrected chi connectivity index (χ0v) is 12.9. The molecule has 2 aliphatic heterocycles. The molecule has 4 heteroatoms. The summed E-state index contributed by atoms with van der Waals surface area (Å²) in [6.07, 6.45) is 1.21. The van der Waals surface area contributed by atoms with E-state index < -0.39 is 0 Å². The average Bonchev–Trinajstić information content (AvgIpc) is 2.98. The summed E-state index contributed by atoms with van der Waals surface area (Å²) in [5, 5.41) is 0. The quantitative estimate of drug-likeness (QED) is 0.847. The number of hydrogen-bond donors (Lipinski definition) is 0. The Morgan fingerprint density at radius 3 is 2.67 bits per heavy atom. The highest BCUT2D eigenvalue weighted by molar-refractivity contribution is 5.26. The van der Waals surface area contributed by atoms with E-state index in [9.17, 15) is 4.39 Å². The van der Waals surface area contributed by atoms with Crippen LogP contribution < -0.4 is 0 Å². The van der Waals surface area contributed by atoms with E-state index in [0.717, 1.165) is 57.4 Å². The Bertz CT molecular complexity index is 466. The van der Waals surface area contributed by atoms with Gasteiger partial charge in [-0.15, -0.1) is 0 Å². The lowest BCUT2D eigenvalue weighted by molar-refractivity contribution is 0.106. The van der Waals surface area contributed by atoms with Gasteiger partial charge in [-0.25, -0.2) is 4.39 Å². The van der Waals surface area contributed by atoms with E-state index in [2.05, 4.69) is 16.7 Å². The minimum Gasteiger partial charge on any atom is -0.381 e. The number of nitrogens with zero attached hydrogens (tertiary/aromatic N) is 2. The van der Waals surface area contributed by atoms with E-state index >= 15 is 0 Å². The van der Waals surface area contributed by atoms with E-state index in [-0.39, 0.29) is 5.82 Å². The number of ether oxygens (including phenoxy) is 1. The Balaban J connectivity index is 1.48. The fraction of sp³-hybridized carbons (Fsp3) is 0.647. The van der Waals surface area contributed by atoms with Gasteiger partial charge in [-0.2, -0.15) is 0 Å². The van der Waals surface area contributed by atoms with Crippen molar-refractivity contribution >= 4 is 0 Å². The number of hydrogen-bond acceptors (Lipinski definition) is 3. The van der Waals surface area contributed by atoms with Crippen LogP contribution in [0.15, 0.2) is 18.2 Å². The predicted octanol–water partition coefficient (Wildman–Crippen LogP) is 2.29. The van der Waals surface area contributed by atoms with Gasteiger partial charge in [0.1, 0.15) is 5.82 Å². The number of halogens is 1. The van der Waals surface area contributed by atoms with Crippen LogP contribution in [0.4, 0.5) is 4.39 Å². The van der Waals surface area contributed by atoms with Crippen molar-refractivity contribution in [1.29, 1.82) is 0 Å². The SMILES string of the molecule is Cc1ccc(F)cc1CN1CCN(C[C@@H]2CCOC2)CC1. The Kier molecular flexibility index (Phi) is 4.88. The largest absolute Gasteiger partial charge is 0.381 e. The van der Waals surface area contributed by atoms with Crippen LogP contribution in [0.1, 0.15) is 17.5 Å². The third kappa shape index (κ3) is 4.02. The first-order valence-corrected chi connectivity index (χ1v) is 7.98. The molecule has 2 saturated heterocycles. The molecule has 2 heterocycles. The number of aryl methyl sites for hydroxylation is 1. The average molecular weight is 292 g/mol. The fourth-order valence-corrected chi connectivity index (χ4v) is 3.27. The molecule has 116 valence electrons. The van der Waals surface area contributed by atoms with E-state index in [1.807, 2.05) is 6.07 Å². The molecule has 0 spiro atoms. The number of piperazine rings is 1. The molecule has 0 amide bonds. The van der Waals surface area contributed by atoms with Crippen molar-refractivity contribution in [1.82, 2.24) is 9.80 Å². The summed E-state index contributed by atoms with van der Waals surface area (Å²) in [6, 6.07) is 5.10.